The second-order valence-corrected chi connectivity index (χ2v) is 8.20. The van der Waals surface area contributed by atoms with Crippen LogP contribution in [0.5, 0.6) is 17.2 Å². The van der Waals surface area contributed by atoms with Crippen LogP contribution in [-0.4, -0.2) is 24.9 Å². The van der Waals surface area contributed by atoms with E-state index in [1.54, 1.807) is 14.2 Å². The van der Waals surface area contributed by atoms with Crippen LogP contribution in [0.25, 0.3) is 0 Å². The molecule has 3 aromatic carbocycles. The fourth-order valence-corrected chi connectivity index (χ4v) is 4.47. The lowest BCUT2D eigenvalue weighted by Gasteiger charge is -2.38. The van der Waals surface area contributed by atoms with Crippen LogP contribution in [0.2, 0.25) is 0 Å². The van der Waals surface area contributed by atoms with Gasteiger partial charge in [0.25, 0.3) is 0 Å². The van der Waals surface area contributed by atoms with Crippen molar-refractivity contribution in [2.24, 2.45) is 5.10 Å². The smallest absolute Gasteiger partial charge is 0.214 e. The molecule has 30 heavy (non-hydrogen) atoms. The second kappa shape index (κ2) is 7.69. The van der Waals surface area contributed by atoms with E-state index in [0.717, 1.165) is 39.0 Å². The Bertz CT molecular complexity index is 1120. The molecule has 0 fully saturated rings. The first-order valence-electron chi connectivity index (χ1n) is 9.77. The van der Waals surface area contributed by atoms with Gasteiger partial charge in [-0.1, -0.05) is 46.3 Å². The summed E-state index contributed by atoms with van der Waals surface area (Å²) in [5.41, 5.74) is 4.29. The van der Waals surface area contributed by atoms with Crippen molar-refractivity contribution in [1.29, 1.82) is 0 Å². The normalized spacial score (nSPS) is 19.4. The topological polar surface area (TPSA) is 43.3 Å². The molecule has 0 aliphatic carbocycles. The zero-order valence-corrected chi connectivity index (χ0v) is 18.3. The highest BCUT2D eigenvalue weighted by atomic mass is 79.9. The van der Waals surface area contributed by atoms with E-state index in [1.807, 2.05) is 48.5 Å². The molecule has 2 aliphatic rings. The molecule has 0 bridgehead atoms. The Morgan fingerprint density at radius 3 is 2.53 bits per heavy atom. The molecule has 3 aromatic rings. The van der Waals surface area contributed by atoms with Gasteiger partial charge in [0.1, 0.15) is 5.75 Å². The van der Waals surface area contributed by atoms with E-state index in [0.29, 0.717) is 11.5 Å². The number of methoxy groups -OCH3 is 2. The summed E-state index contributed by atoms with van der Waals surface area (Å²) in [4.78, 5) is 0. The number of hydrogen-bond donors (Lipinski definition) is 0. The van der Waals surface area contributed by atoms with Crippen molar-refractivity contribution in [1.82, 2.24) is 5.01 Å². The highest BCUT2D eigenvalue weighted by molar-refractivity contribution is 9.10. The molecule has 0 N–H and O–H groups in total. The van der Waals surface area contributed by atoms with E-state index in [-0.39, 0.29) is 12.3 Å². The van der Waals surface area contributed by atoms with E-state index < -0.39 is 0 Å². The van der Waals surface area contributed by atoms with Crippen molar-refractivity contribution < 1.29 is 14.2 Å². The van der Waals surface area contributed by atoms with Gasteiger partial charge in [0.15, 0.2) is 11.5 Å². The van der Waals surface area contributed by atoms with E-state index in [9.17, 15) is 0 Å². The minimum atomic E-state index is -0.357. The quantitative estimate of drug-likeness (QED) is 0.495. The van der Waals surface area contributed by atoms with Gasteiger partial charge in [-0.3, -0.25) is 0 Å². The summed E-state index contributed by atoms with van der Waals surface area (Å²) < 4.78 is 18.4. The maximum atomic E-state index is 6.45. The van der Waals surface area contributed by atoms with Crippen molar-refractivity contribution in [3.8, 4) is 17.2 Å². The van der Waals surface area contributed by atoms with Gasteiger partial charge in [0.2, 0.25) is 6.23 Å². The number of hydrazone groups is 1. The number of ether oxygens (including phenoxy) is 3. The Balaban J connectivity index is 1.60. The zero-order valence-electron chi connectivity index (χ0n) is 16.7. The van der Waals surface area contributed by atoms with Gasteiger partial charge in [-0.25, -0.2) is 5.01 Å². The number of rotatable bonds is 4. The minimum Gasteiger partial charge on any atom is -0.493 e. The summed E-state index contributed by atoms with van der Waals surface area (Å²) >= 11 is 3.60. The Hall–Kier alpha value is -2.99. The molecule has 5 nitrogen and oxygen atoms in total. The summed E-state index contributed by atoms with van der Waals surface area (Å²) in [6.07, 6.45) is 0.463. The van der Waals surface area contributed by atoms with Crippen LogP contribution in [0.15, 0.2) is 76.3 Å². The summed E-state index contributed by atoms with van der Waals surface area (Å²) in [5.74, 6) is 2.24. The Kier molecular flexibility index (Phi) is 4.87. The van der Waals surface area contributed by atoms with Crippen LogP contribution in [0.3, 0.4) is 0 Å². The lowest BCUT2D eigenvalue weighted by molar-refractivity contribution is -0.0192. The predicted molar refractivity (Wildman–Crippen MR) is 119 cm³/mol. The standard InChI is InChI=1S/C24H21BrN2O3/c1-28-22-10-8-16(12-23(22)29-2)24-27-20(18-13-17(25)9-11-21(18)30-24)14-19(26-27)15-6-4-3-5-7-15/h3-13,20,24H,14H2,1-2H3/t20-,24-/m1/s1. The molecule has 2 aliphatic heterocycles. The molecule has 2 atom stereocenters. The molecule has 6 heteroatoms. The van der Waals surface area contributed by atoms with Crippen LogP contribution in [0.4, 0.5) is 0 Å². The Labute approximate surface area is 184 Å². The van der Waals surface area contributed by atoms with Gasteiger partial charge in [-0.15, -0.1) is 0 Å². The van der Waals surface area contributed by atoms with E-state index >= 15 is 0 Å². The molecular weight excluding hydrogens is 444 g/mol. The van der Waals surface area contributed by atoms with Gasteiger partial charge < -0.3 is 14.2 Å². The molecule has 0 unspecified atom stereocenters. The predicted octanol–water partition coefficient (Wildman–Crippen LogP) is 5.71. The molecule has 152 valence electrons. The Morgan fingerprint density at radius 1 is 0.967 bits per heavy atom. The molecule has 0 saturated carbocycles. The molecular formula is C24H21BrN2O3. The number of benzene rings is 3. The minimum absolute atomic E-state index is 0.0968. The highest BCUT2D eigenvalue weighted by Gasteiger charge is 2.41. The van der Waals surface area contributed by atoms with Crippen LogP contribution in [0, 0.1) is 0 Å². The highest BCUT2D eigenvalue weighted by Crippen LogP contribution is 2.48. The van der Waals surface area contributed by atoms with Crippen LogP contribution >= 0.6 is 15.9 Å². The third kappa shape index (κ3) is 3.21. The lowest BCUT2D eigenvalue weighted by atomic mass is 9.96. The van der Waals surface area contributed by atoms with E-state index in [2.05, 4.69) is 39.1 Å². The molecule has 0 saturated heterocycles. The first kappa shape index (κ1) is 19.0. The average molecular weight is 465 g/mol. The first-order chi connectivity index (χ1) is 14.7. The summed E-state index contributed by atoms with van der Waals surface area (Å²) in [7, 11) is 3.27. The van der Waals surface area contributed by atoms with Gasteiger partial charge in [0.05, 0.1) is 26.0 Å². The van der Waals surface area contributed by atoms with Gasteiger partial charge in [0, 0.05) is 22.0 Å². The molecule has 0 amide bonds. The van der Waals surface area contributed by atoms with Crippen LogP contribution in [-0.2, 0) is 0 Å². The van der Waals surface area contributed by atoms with Crippen molar-refractivity contribution in [2.45, 2.75) is 18.7 Å². The molecule has 0 spiro atoms. The van der Waals surface area contributed by atoms with Crippen LogP contribution in [0.1, 0.15) is 35.4 Å². The van der Waals surface area contributed by atoms with Gasteiger partial charge in [-0.05, 0) is 42.0 Å². The van der Waals surface area contributed by atoms with Crippen molar-refractivity contribution >= 4 is 21.6 Å². The fraction of sp³-hybridized carbons (Fsp3) is 0.208. The average Bonchev–Trinajstić information content (AvgIpc) is 3.24. The monoisotopic (exact) mass is 464 g/mol. The van der Waals surface area contributed by atoms with Crippen molar-refractivity contribution in [2.75, 3.05) is 14.2 Å². The molecule has 0 radical (unpaired) electrons. The first-order valence-corrected chi connectivity index (χ1v) is 10.6. The maximum Gasteiger partial charge on any atom is 0.214 e. The third-order valence-electron chi connectivity index (χ3n) is 5.55. The lowest BCUT2D eigenvalue weighted by Crippen LogP contribution is -2.33. The fourth-order valence-electron chi connectivity index (χ4n) is 4.09. The molecule has 2 heterocycles. The molecule has 0 aromatic heterocycles. The van der Waals surface area contributed by atoms with E-state index in [4.69, 9.17) is 19.3 Å². The SMILES string of the molecule is COc1ccc([C@H]2Oc3ccc(Br)cc3[C@H]3CC(c4ccccc4)=NN32)cc1OC. The summed E-state index contributed by atoms with van der Waals surface area (Å²) in [5, 5.41) is 7.07. The van der Waals surface area contributed by atoms with Crippen molar-refractivity contribution in [3.05, 3.63) is 87.9 Å². The maximum absolute atomic E-state index is 6.45. The molecule has 5 rings (SSSR count). The van der Waals surface area contributed by atoms with Crippen molar-refractivity contribution in [3.63, 3.8) is 0 Å². The summed E-state index contributed by atoms with van der Waals surface area (Å²) in [6, 6.07) is 22.4. The Morgan fingerprint density at radius 2 is 1.77 bits per heavy atom. The number of fused-ring (bicyclic) bond motifs is 3. The van der Waals surface area contributed by atoms with Crippen LogP contribution < -0.4 is 14.2 Å². The second-order valence-electron chi connectivity index (χ2n) is 7.28. The van der Waals surface area contributed by atoms with Gasteiger partial charge in [-0.2, -0.15) is 5.10 Å². The zero-order chi connectivity index (χ0) is 20.7. The number of hydrogen-bond acceptors (Lipinski definition) is 5. The van der Waals surface area contributed by atoms with E-state index in [1.165, 1.54) is 0 Å². The number of halogens is 1. The largest absolute Gasteiger partial charge is 0.493 e. The number of nitrogens with zero attached hydrogens (tertiary/aromatic N) is 2. The van der Waals surface area contributed by atoms with Gasteiger partial charge >= 0.3 is 0 Å². The summed E-state index contributed by atoms with van der Waals surface area (Å²) in [6.45, 7) is 0. The third-order valence-corrected chi connectivity index (χ3v) is 6.04.